The van der Waals surface area contributed by atoms with Crippen LogP contribution in [0.2, 0.25) is 10.0 Å². The second-order valence-corrected chi connectivity index (χ2v) is 4.83. The van der Waals surface area contributed by atoms with Gasteiger partial charge in [0.05, 0.1) is 21.2 Å². The molecule has 1 heterocycles. The van der Waals surface area contributed by atoms with E-state index in [-0.39, 0.29) is 11.5 Å². The summed E-state index contributed by atoms with van der Waals surface area (Å²) in [5.41, 5.74) is 7.34. The van der Waals surface area contributed by atoms with Crippen molar-refractivity contribution in [3.8, 4) is 5.69 Å². The number of para-hydroxylation sites is 1. The Morgan fingerprint density at radius 2 is 1.89 bits per heavy atom. The number of nitrogen functional groups attached to an aromatic ring is 1. The predicted molar refractivity (Wildman–Crippen MR) is 75.5 cm³/mol. The van der Waals surface area contributed by atoms with Gasteiger partial charge in [-0.2, -0.15) is 0 Å². The van der Waals surface area contributed by atoms with Crippen LogP contribution in [0, 0.1) is 5.82 Å². The number of rotatable bonds is 1. The number of imidazole rings is 1. The summed E-state index contributed by atoms with van der Waals surface area (Å²) in [6.45, 7) is 0. The SMILES string of the molecule is Nc1nc2c(F)cccc2n1-c1ccc(Cl)c(Cl)c1. The lowest BCUT2D eigenvalue weighted by Crippen LogP contribution is -2.00. The Balaban J connectivity index is 2.33. The Morgan fingerprint density at radius 3 is 2.63 bits per heavy atom. The summed E-state index contributed by atoms with van der Waals surface area (Å²) in [4.78, 5) is 4.03. The molecule has 3 nitrogen and oxygen atoms in total. The number of anilines is 1. The zero-order chi connectivity index (χ0) is 13.6. The van der Waals surface area contributed by atoms with E-state index in [1.54, 1.807) is 34.9 Å². The number of benzene rings is 2. The monoisotopic (exact) mass is 295 g/mol. The van der Waals surface area contributed by atoms with Crippen molar-refractivity contribution < 1.29 is 4.39 Å². The molecule has 2 N–H and O–H groups in total. The van der Waals surface area contributed by atoms with Crippen molar-refractivity contribution in [3.63, 3.8) is 0 Å². The largest absolute Gasteiger partial charge is 0.369 e. The quantitative estimate of drug-likeness (QED) is 0.736. The highest BCUT2D eigenvalue weighted by Gasteiger charge is 2.13. The van der Waals surface area contributed by atoms with Gasteiger partial charge in [-0.3, -0.25) is 4.57 Å². The topological polar surface area (TPSA) is 43.8 Å². The van der Waals surface area contributed by atoms with Gasteiger partial charge < -0.3 is 5.73 Å². The van der Waals surface area contributed by atoms with Crippen molar-refractivity contribution in [2.45, 2.75) is 0 Å². The number of nitrogens with two attached hydrogens (primary N) is 1. The van der Waals surface area contributed by atoms with Gasteiger partial charge in [-0.1, -0.05) is 29.3 Å². The number of hydrogen-bond acceptors (Lipinski definition) is 2. The molecule has 0 amide bonds. The number of aromatic nitrogens is 2. The van der Waals surface area contributed by atoms with Gasteiger partial charge in [-0.05, 0) is 30.3 Å². The first kappa shape index (κ1) is 12.3. The predicted octanol–water partition coefficient (Wildman–Crippen LogP) is 4.05. The molecular weight excluding hydrogens is 288 g/mol. The maximum Gasteiger partial charge on any atom is 0.206 e. The van der Waals surface area contributed by atoms with Crippen LogP contribution in [-0.4, -0.2) is 9.55 Å². The van der Waals surface area contributed by atoms with Crippen LogP contribution < -0.4 is 5.73 Å². The van der Waals surface area contributed by atoms with Crippen LogP contribution in [0.5, 0.6) is 0 Å². The van der Waals surface area contributed by atoms with Crippen molar-refractivity contribution in [1.82, 2.24) is 9.55 Å². The average molecular weight is 296 g/mol. The molecule has 0 aliphatic carbocycles. The zero-order valence-electron chi connectivity index (χ0n) is 9.57. The van der Waals surface area contributed by atoms with Crippen LogP contribution in [0.15, 0.2) is 36.4 Å². The van der Waals surface area contributed by atoms with Crippen molar-refractivity contribution >= 4 is 40.2 Å². The van der Waals surface area contributed by atoms with Crippen molar-refractivity contribution in [2.24, 2.45) is 0 Å². The molecule has 3 rings (SSSR count). The molecule has 1 aromatic heterocycles. The van der Waals surface area contributed by atoms with Gasteiger partial charge in [0.25, 0.3) is 0 Å². The smallest absolute Gasteiger partial charge is 0.206 e. The van der Waals surface area contributed by atoms with Crippen LogP contribution in [-0.2, 0) is 0 Å². The molecule has 2 aromatic carbocycles. The van der Waals surface area contributed by atoms with Crippen molar-refractivity contribution in [2.75, 3.05) is 5.73 Å². The third-order valence-electron chi connectivity index (χ3n) is 2.82. The molecule has 0 unspecified atom stereocenters. The van der Waals surface area contributed by atoms with Gasteiger partial charge in [-0.15, -0.1) is 0 Å². The second kappa shape index (κ2) is 4.40. The summed E-state index contributed by atoms with van der Waals surface area (Å²) in [6.07, 6.45) is 0. The first-order valence-electron chi connectivity index (χ1n) is 5.46. The molecule has 0 radical (unpaired) electrons. The van der Waals surface area contributed by atoms with E-state index in [0.29, 0.717) is 21.2 Å². The fraction of sp³-hybridized carbons (Fsp3) is 0. The maximum atomic E-state index is 13.7. The molecule has 19 heavy (non-hydrogen) atoms. The molecule has 0 aliphatic heterocycles. The lowest BCUT2D eigenvalue weighted by atomic mass is 10.2. The molecule has 3 aromatic rings. The molecule has 0 bridgehead atoms. The van der Waals surface area contributed by atoms with E-state index in [2.05, 4.69) is 4.98 Å². The van der Waals surface area contributed by atoms with Crippen LogP contribution in [0.4, 0.5) is 10.3 Å². The standard InChI is InChI=1S/C13H8Cl2FN3/c14-8-5-4-7(6-9(8)15)19-11-3-1-2-10(16)12(11)18-13(19)17/h1-6H,(H2,17,18). The van der Waals surface area contributed by atoms with Crippen LogP contribution in [0.25, 0.3) is 16.7 Å². The van der Waals surface area contributed by atoms with Gasteiger partial charge in [-0.25, -0.2) is 9.37 Å². The van der Waals surface area contributed by atoms with E-state index in [0.717, 1.165) is 0 Å². The summed E-state index contributed by atoms with van der Waals surface area (Å²) in [6, 6.07) is 9.75. The van der Waals surface area contributed by atoms with Crippen LogP contribution in [0.1, 0.15) is 0 Å². The van der Waals surface area contributed by atoms with E-state index < -0.39 is 5.82 Å². The first-order valence-corrected chi connectivity index (χ1v) is 6.21. The number of halogens is 3. The highest BCUT2D eigenvalue weighted by molar-refractivity contribution is 6.42. The maximum absolute atomic E-state index is 13.7. The molecule has 0 aliphatic rings. The minimum absolute atomic E-state index is 0.193. The molecule has 0 atom stereocenters. The molecule has 6 heteroatoms. The molecule has 0 saturated heterocycles. The second-order valence-electron chi connectivity index (χ2n) is 4.01. The Labute approximate surface area is 118 Å². The molecule has 0 saturated carbocycles. The van der Waals surface area contributed by atoms with Crippen molar-refractivity contribution in [1.29, 1.82) is 0 Å². The van der Waals surface area contributed by atoms with Crippen LogP contribution in [0.3, 0.4) is 0 Å². The lowest BCUT2D eigenvalue weighted by molar-refractivity contribution is 0.637. The Bertz CT molecular complexity index is 783. The Kier molecular flexibility index (Phi) is 2.84. The zero-order valence-corrected chi connectivity index (χ0v) is 11.1. The molecule has 0 fully saturated rings. The summed E-state index contributed by atoms with van der Waals surface area (Å²) in [5, 5.41) is 0.844. The van der Waals surface area contributed by atoms with Gasteiger partial charge in [0.2, 0.25) is 5.95 Å². The molecule has 96 valence electrons. The van der Waals surface area contributed by atoms with E-state index in [1.807, 2.05) is 0 Å². The molecular formula is C13H8Cl2FN3. The van der Waals surface area contributed by atoms with E-state index in [9.17, 15) is 4.39 Å². The average Bonchev–Trinajstić information content (AvgIpc) is 2.71. The van der Waals surface area contributed by atoms with E-state index >= 15 is 0 Å². The van der Waals surface area contributed by atoms with Crippen LogP contribution >= 0.6 is 23.2 Å². The van der Waals surface area contributed by atoms with E-state index in [1.165, 1.54) is 6.07 Å². The summed E-state index contributed by atoms with van der Waals surface area (Å²) in [5.74, 6) is -0.221. The van der Waals surface area contributed by atoms with Gasteiger partial charge in [0.1, 0.15) is 5.52 Å². The third kappa shape index (κ3) is 1.93. The minimum atomic E-state index is -0.414. The fourth-order valence-corrected chi connectivity index (χ4v) is 2.27. The normalized spacial score (nSPS) is 11.1. The van der Waals surface area contributed by atoms with Gasteiger partial charge >= 0.3 is 0 Å². The highest BCUT2D eigenvalue weighted by Crippen LogP contribution is 2.29. The minimum Gasteiger partial charge on any atom is -0.369 e. The van der Waals surface area contributed by atoms with Crippen molar-refractivity contribution in [3.05, 3.63) is 52.3 Å². The highest BCUT2D eigenvalue weighted by atomic mass is 35.5. The summed E-state index contributed by atoms with van der Waals surface area (Å²) < 4.78 is 15.3. The summed E-state index contributed by atoms with van der Waals surface area (Å²) >= 11 is 11.9. The van der Waals surface area contributed by atoms with Gasteiger partial charge in [0, 0.05) is 0 Å². The Hall–Kier alpha value is -1.78. The Morgan fingerprint density at radius 1 is 1.11 bits per heavy atom. The van der Waals surface area contributed by atoms with E-state index in [4.69, 9.17) is 28.9 Å². The third-order valence-corrected chi connectivity index (χ3v) is 3.56. The lowest BCUT2D eigenvalue weighted by Gasteiger charge is -2.07. The summed E-state index contributed by atoms with van der Waals surface area (Å²) in [7, 11) is 0. The number of hydrogen-bond donors (Lipinski definition) is 1. The fourth-order valence-electron chi connectivity index (χ4n) is 1.98. The number of fused-ring (bicyclic) bond motifs is 1. The molecule has 0 spiro atoms. The van der Waals surface area contributed by atoms with Gasteiger partial charge in [0.15, 0.2) is 5.82 Å². The number of nitrogens with zero attached hydrogens (tertiary/aromatic N) is 2. The first-order chi connectivity index (χ1) is 9.08.